The van der Waals surface area contributed by atoms with Gasteiger partial charge in [0.1, 0.15) is 0 Å². The van der Waals surface area contributed by atoms with Crippen LogP contribution in [0, 0.1) is 0 Å². The molecule has 3 nitrogen and oxygen atoms in total. The summed E-state index contributed by atoms with van der Waals surface area (Å²) in [5.74, 6) is 0. The van der Waals surface area contributed by atoms with E-state index in [1.54, 1.807) is 7.11 Å². The van der Waals surface area contributed by atoms with Gasteiger partial charge in [0.05, 0.1) is 18.8 Å². The first-order valence-corrected chi connectivity index (χ1v) is 7.21. The lowest BCUT2D eigenvalue weighted by Crippen LogP contribution is -2.32. The van der Waals surface area contributed by atoms with Crippen LogP contribution in [0.2, 0.25) is 0 Å². The number of aliphatic hydroxyl groups excluding tert-OH is 1. The van der Waals surface area contributed by atoms with Crippen LogP contribution in [0.25, 0.3) is 0 Å². The average molecular weight is 285 g/mol. The highest BCUT2D eigenvalue weighted by Gasteiger charge is 2.26. The maximum Gasteiger partial charge on any atom is 0.0986 e. The number of likely N-dealkylation sites (N-methyl/N-ethyl adjacent to an activating group) is 1. The second-order valence-electron chi connectivity index (χ2n) is 5.18. The van der Waals surface area contributed by atoms with Gasteiger partial charge in [-0.3, -0.25) is 4.90 Å². The number of nitrogens with zero attached hydrogens (tertiary/aromatic N) is 1. The number of benzene rings is 2. The van der Waals surface area contributed by atoms with Crippen LogP contribution in [0.1, 0.15) is 23.3 Å². The Morgan fingerprint density at radius 3 is 2.00 bits per heavy atom. The Bertz CT molecular complexity index is 515. The molecule has 2 unspecified atom stereocenters. The molecule has 2 aromatic rings. The van der Waals surface area contributed by atoms with Crippen molar-refractivity contribution < 1.29 is 9.84 Å². The van der Waals surface area contributed by atoms with E-state index in [1.807, 2.05) is 55.6 Å². The van der Waals surface area contributed by atoms with E-state index in [0.717, 1.165) is 17.7 Å². The van der Waals surface area contributed by atoms with Crippen LogP contribution in [-0.4, -0.2) is 37.3 Å². The predicted octanol–water partition coefficient (Wildman–Crippen LogP) is 3.04. The van der Waals surface area contributed by atoms with Crippen molar-refractivity contribution >= 4 is 0 Å². The maximum atomic E-state index is 10.8. The van der Waals surface area contributed by atoms with Gasteiger partial charge < -0.3 is 9.84 Å². The zero-order valence-corrected chi connectivity index (χ0v) is 12.6. The second kappa shape index (κ2) is 7.93. The first-order chi connectivity index (χ1) is 10.2. The summed E-state index contributed by atoms with van der Waals surface area (Å²) in [4.78, 5) is 2.14. The molecule has 0 bridgehead atoms. The average Bonchev–Trinajstić information content (AvgIpc) is 2.55. The van der Waals surface area contributed by atoms with Gasteiger partial charge >= 0.3 is 0 Å². The van der Waals surface area contributed by atoms with Crippen LogP contribution in [0.15, 0.2) is 60.7 Å². The van der Waals surface area contributed by atoms with E-state index in [9.17, 15) is 5.11 Å². The van der Waals surface area contributed by atoms with Crippen molar-refractivity contribution in [2.45, 2.75) is 12.1 Å². The number of hydrogen-bond donors (Lipinski definition) is 1. The molecule has 0 radical (unpaired) electrons. The fourth-order valence-electron chi connectivity index (χ4n) is 2.53. The van der Waals surface area contributed by atoms with Crippen molar-refractivity contribution in [2.75, 3.05) is 27.3 Å². The molecule has 21 heavy (non-hydrogen) atoms. The second-order valence-corrected chi connectivity index (χ2v) is 5.18. The fraction of sp³-hybridized carbons (Fsp3) is 0.333. The molecule has 0 aliphatic heterocycles. The van der Waals surface area contributed by atoms with Gasteiger partial charge in [0.15, 0.2) is 0 Å². The number of rotatable bonds is 7. The van der Waals surface area contributed by atoms with Crippen LogP contribution < -0.4 is 0 Å². The van der Waals surface area contributed by atoms with Crippen molar-refractivity contribution in [2.24, 2.45) is 0 Å². The molecule has 0 aliphatic rings. The topological polar surface area (TPSA) is 32.7 Å². The molecule has 112 valence electrons. The summed E-state index contributed by atoms with van der Waals surface area (Å²) >= 11 is 0. The zero-order chi connectivity index (χ0) is 15.1. The lowest BCUT2D eigenvalue weighted by molar-refractivity contribution is 0.0469. The van der Waals surface area contributed by atoms with Crippen molar-refractivity contribution in [1.29, 1.82) is 0 Å². The summed E-state index contributed by atoms with van der Waals surface area (Å²) in [7, 11) is 3.71. The van der Waals surface area contributed by atoms with E-state index in [1.165, 1.54) is 0 Å². The Morgan fingerprint density at radius 1 is 0.952 bits per heavy atom. The Kier molecular flexibility index (Phi) is 5.93. The monoisotopic (exact) mass is 285 g/mol. The SMILES string of the molecule is COCCN(C)C(c1ccccc1)C(O)c1ccccc1. The molecule has 0 aliphatic carbocycles. The molecular formula is C18H23NO2. The molecule has 0 amide bonds. The van der Waals surface area contributed by atoms with Crippen molar-refractivity contribution in [1.82, 2.24) is 4.90 Å². The third-order valence-electron chi connectivity index (χ3n) is 3.70. The molecule has 3 heteroatoms. The molecule has 1 N–H and O–H groups in total. The number of hydrogen-bond acceptors (Lipinski definition) is 3. The van der Waals surface area contributed by atoms with E-state index in [2.05, 4.69) is 17.0 Å². The van der Waals surface area contributed by atoms with Crippen molar-refractivity contribution in [3.63, 3.8) is 0 Å². The van der Waals surface area contributed by atoms with E-state index in [-0.39, 0.29) is 6.04 Å². The van der Waals surface area contributed by atoms with Gasteiger partial charge in [-0.15, -0.1) is 0 Å². The molecule has 0 saturated heterocycles. The summed E-state index contributed by atoms with van der Waals surface area (Å²) in [6.07, 6.45) is -0.574. The quantitative estimate of drug-likeness (QED) is 0.848. The van der Waals surface area contributed by atoms with E-state index < -0.39 is 6.10 Å². The zero-order valence-electron chi connectivity index (χ0n) is 12.6. The van der Waals surface area contributed by atoms with Crippen LogP contribution in [0.5, 0.6) is 0 Å². The van der Waals surface area contributed by atoms with Crippen molar-refractivity contribution in [3.8, 4) is 0 Å². The number of ether oxygens (including phenoxy) is 1. The Hall–Kier alpha value is -1.68. The molecule has 2 atom stereocenters. The molecular weight excluding hydrogens is 262 g/mol. The van der Waals surface area contributed by atoms with Gasteiger partial charge in [0, 0.05) is 13.7 Å². The Balaban J connectivity index is 2.27. The molecule has 0 fully saturated rings. The van der Waals surface area contributed by atoms with Gasteiger partial charge in [0.25, 0.3) is 0 Å². The highest BCUT2D eigenvalue weighted by Crippen LogP contribution is 2.32. The standard InChI is InChI=1S/C18H23NO2/c1-19(13-14-21-2)17(15-9-5-3-6-10-15)18(20)16-11-7-4-8-12-16/h3-12,17-18,20H,13-14H2,1-2H3. The first-order valence-electron chi connectivity index (χ1n) is 7.21. The largest absolute Gasteiger partial charge is 0.386 e. The third-order valence-corrected chi connectivity index (χ3v) is 3.70. The lowest BCUT2D eigenvalue weighted by atomic mass is 9.94. The summed E-state index contributed by atoms with van der Waals surface area (Å²) in [5, 5.41) is 10.8. The summed E-state index contributed by atoms with van der Waals surface area (Å²) in [5.41, 5.74) is 2.03. The predicted molar refractivity (Wildman–Crippen MR) is 85.1 cm³/mol. The summed E-state index contributed by atoms with van der Waals surface area (Å²) in [6, 6.07) is 19.8. The van der Waals surface area contributed by atoms with Gasteiger partial charge in [-0.25, -0.2) is 0 Å². The Labute approximate surface area is 126 Å². The van der Waals surface area contributed by atoms with Gasteiger partial charge in [0.2, 0.25) is 0 Å². The summed E-state index contributed by atoms with van der Waals surface area (Å²) in [6.45, 7) is 1.40. The smallest absolute Gasteiger partial charge is 0.0986 e. The lowest BCUT2D eigenvalue weighted by Gasteiger charge is -2.32. The highest BCUT2D eigenvalue weighted by atomic mass is 16.5. The molecule has 2 rings (SSSR count). The highest BCUT2D eigenvalue weighted by molar-refractivity contribution is 5.26. The van der Waals surface area contributed by atoms with E-state index >= 15 is 0 Å². The fourth-order valence-corrected chi connectivity index (χ4v) is 2.53. The number of aliphatic hydroxyl groups is 1. The minimum absolute atomic E-state index is 0.0938. The Morgan fingerprint density at radius 2 is 1.48 bits per heavy atom. The first kappa shape index (κ1) is 15.7. The minimum atomic E-state index is -0.574. The van der Waals surface area contributed by atoms with Crippen LogP contribution >= 0.6 is 0 Å². The van der Waals surface area contributed by atoms with E-state index in [4.69, 9.17) is 4.74 Å². The van der Waals surface area contributed by atoms with Crippen LogP contribution in [0.3, 0.4) is 0 Å². The normalized spacial score (nSPS) is 14.1. The molecule has 2 aromatic carbocycles. The number of methoxy groups -OCH3 is 1. The molecule has 0 saturated carbocycles. The molecule has 0 spiro atoms. The third kappa shape index (κ3) is 4.14. The van der Waals surface area contributed by atoms with Gasteiger partial charge in [-0.2, -0.15) is 0 Å². The van der Waals surface area contributed by atoms with E-state index in [0.29, 0.717) is 6.61 Å². The molecule has 0 aromatic heterocycles. The van der Waals surface area contributed by atoms with Crippen LogP contribution in [-0.2, 0) is 4.74 Å². The van der Waals surface area contributed by atoms with Crippen LogP contribution in [0.4, 0.5) is 0 Å². The van der Waals surface area contributed by atoms with Gasteiger partial charge in [-0.05, 0) is 18.2 Å². The van der Waals surface area contributed by atoms with Gasteiger partial charge in [-0.1, -0.05) is 60.7 Å². The maximum absolute atomic E-state index is 10.8. The molecule has 0 heterocycles. The summed E-state index contributed by atoms with van der Waals surface area (Å²) < 4.78 is 5.16. The minimum Gasteiger partial charge on any atom is -0.386 e. The van der Waals surface area contributed by atoms with Crippen molar-refractivity contribution in [3.05, 3.63) is 71.8 Å².